The Morgan fingerprint density at radius 1 is 1.35 bits per heavy atom. The van der Waals surface area contributed by atoms with Crippen LogP contribution in [0, 0.1) is 5.92 Å². The molecule has 0 spiro atoms. The Labute approximate surface area is 104 Å². The first kappa shape index (κ1) is 14.5. The van der Waals surface area contributed by atoms with Crippen molar-refractivity contribution in [3.63, 3.8) is 0 Å². The van der Waals surface area contributed by atoms with Gasteiger partial charge in [-0.05, 0) is 44.9 Å². The van der Waals surface area contributed by atoms with E-state index in [2.05, 4.69) is 5.32 Å². The van der Waals surface area contributed by atoms with Crippen LogP contribution in [0.2, 0.25) is 0 Å². The monoisotopic (exact) mass is 242 g/mol. The molecule has 0 aromatic heterocycles. The average Bonchev–Trinajstić information content (AvgIpc) is 2.34. The number of amides is 1. The first-order valence-corrected chi connectivity index (χ1v) is 6.82. The van der Waals surface area contributed by atoms with E-state index in [1.54, 1.807) is 0 Å². The van der Waals surface area contributed by atoms with E-state index >= 15 is 0 Å². The smallest absolute Gasteiger partial charge is 0.220 e. The van der Waals surface area contributed by atoms with Gasteiger partial charge in [0.05, 0.1) is 6.61 Å². The third-order valence-electron chi connectivity index (χ3n) is 3.44. The van der Waals surface area contributed by atoms with Crippen LogP contribution in [0.3, 0.4) is 0 Å². The van der Waals surface area contributed by atoms with Crippen molar-refractivity contribution in [3.05, 3.63) is 0 Å². The molecule has 4 heteroatoms. The minimum atomic E-state index is 0.152. The minimum absolute atomic E-state index is 0.152. The molecule has 0 aromatic carbocycles. The highest BCUT2D eigenvalue weighted by Gasteiger charge is 2.18. The van der Waals surface area contributed by atoms with Gasteiger partial charge in [0.1, 0.15) is 0 Å². The van der Waals surface area contributed by atoms with E-state index in [0.717, 1.165) is 19.3 Å². The summed E-state index contributed by atoms with van der Waals surface area (Å²) in [7, 11) is 0. The molecule has 0 unspecified atom stereocenters. The fourth-order valence-electron chi connectivity index (χ4n) is 2.31. The van der Waals surface area contributed by atoms with E-state index in [9.17, 15) is 4.79 Å². The summed E-state index contributed by atoms with van der Waals surface area (Å²) in [6.07, 6.45) is 6.27. The van der Waals surface area contributed by atoms with Gasteiger partial charge in [0.25, 0.3) is 0 Å². The lowest BCUT2D eigenvalue weighted by Crippen LogP contribution is -2.29. The first-order valence-electron chi connectivity index (χ1n) is 6.82. The fourth-order valence-corrected chi connectivity index (χ4v) is 2.31. The predicted octanol–water partition coefficient (Wildman–Crippen LogP) is 1.44. The van der Waals surface area contributed by atoms with Gasteiger partial charge in [-0.1, -0.05) is 0 Å². The Balaban J connectivity index is 1.99. The average molecular weight is 242 g/mol. The molecule has 0 bridgehead atoms. The summed E-state index contributed by atoms with van der Waals surface area (Å²) < 4.78 is 5.16. The number of ether oxygens (including phenoxy) is 1. The van der Waals surface area contributed by atoms with Crippen molar-refractivity contribution in [2.75, 3.05) is 19.8 Å². The Morgan fingerprint density at radius 2 is 2.06 bits per heavy atom. The summed E-state index contributed by atoms with van der Waals surface area (Å²) in [6, 6.07) is 0.395. The van der Waals surface area contributed by atoms with Crippen molar-refractivity contribution in [1.82, 2.24) is 5.32 Å². The summed E-state index contributed by atoms with van der Waals surface area (Å²) in [4.78, 5) is 11.5. The van der Waals surface area contributed by atoms with Gasteiger partial charge in [-0.2, -0.15) is 0 Å². The van der Waals surface area contributed by atoms with Crippen LogP contribution in [0.15, 0.2) is 0 Å². The molecule has 1 aliphatic carbocycles. The zero-order valence-corrected chi connectivity index (χ0v) is 10.9. The number of nitrogens with two attached hydrogens (primary N) is 1. The second-order valence-electron chi connectivity index (χ2n) is 4.87. The molecule has 1 fully saturated rings. The summed E-state index contributed by atoms with van der Waals surface area (Å²) in [5, 5.41) is 2.88. The summed E-state index contributed by atoms with van der Waals surface area (Å²) in [5.41, 5.74) is 5.85. The van der Waals surface area contributed by atoms with Gasteiger partial charge in [-0.3, -0.25) is 4.79 Å². The van der Waals surface area contributed by atoms with Crippen LogP contribution >= 0.6 is 0 Å². The maximum absolute atomic E-state index is 11.5. The Hall–Kier alpha value is -0.610. The second kappa shape index (κ2) is 8.48. The molecule has 0 radical (unpaired) electrons. The molecule has 0 heterocycles. The van der Waals surface area contributed by atoms with Crippen LogP contribution in [0.25, 0.3) is 0 Å². The molecule has 3 N–H and O–H groups in total. The maximum Gasteiger partial charge on any atom is 0.220 e. The minimum Gasteiger partial charge on any atom is -0.380 e. The molecule has 1 rings (SSSR count). The number of rotatable bonds is 7. The van der Waals surface area contributed by atoms with E-state index in [1.807, 2.05) is 6.92 Å². The number of carbonyl (C=O) groups is 1. The van der Waals surface area contributed by atoms with Crippen LogP contribution < -0.4 is 11.1 Å². The lowest BCUT2D eigenvalue weighted by atomic mass is 9.84. The van der Waals surface area contributed by atoms with Crippen molar-refractivity contribution in [1.29, 1.82) is 0 Å². The Morgan fingerprint density at radius 3 is 2.71 bits per heavy atom. The molecule has 1 saturated carbocycles. The van der Waals surface area contributed by atoms with Gasteiger partial charge >= 0.3 is 0 Å². The van der Waals surface area contributed by atoms with E-state index in [4.69, 9.17) is 10.5 Å². The van der Waals surface area contributed by atoms with Gasteiger partial charge in [0, 0.05) is 25.6 Å². The van der Waals surface area contributed by atoms with Gasteiger partial charge in [0.2, 0.25) is 5.91 Å². The highest BCUT2D eigenvalue weighted by molar-refractivity contribution is 5.75. The number of hydrogen-bond acceptors (Lipinski definition) is 3. The van der Waals surface area contributed by atoms with Crippen LogP contribution in [0.5, 0.6) is 0 Å². The molecule has 0 aromatic rings. The molecular weight excluding hydrogens is 216 g/mol. The quantitative estimate of drug-likeness (QED) is 0.664. The first-order chi connectivity index (χ1) is 8.22. The highest BCUT2D eigenvalue weighted by Crippen LogP contribution is 2.26. The van der Waals surface area contributed by atoms with Crippen LogP contribution in [0.1, 0.15) is 45.4 Å². The topological polar surface area (TPSA) is 64.3 Å². The molecular formula is C13H26N2O2. The second-order valence-corrected chi connectivity index (χ2v) is 4.87. The van der Waals surface area contributed by atoms with Crippen molar-refractivity contribution < 1.29 is 9.53 Å². The molecule has 17 heavy (non-hydrogen) atoms. The normalized spacial score (nSPS) is 24.6. The molecule has 0 aliphatic heterocycles. The predicted molar refractivity (Wildman–Crippen MR) is 68.7 cm³/mol. The number of hydrogen-bond donors (Lipinski definition) is 2. The lowest BCUT2D eigenvalue weighted by molar-refractivity contribution is -0.121. The van der Waals surface area contributed by atoms with Crippen molar-refractivity contribution in [3.8, 4) is 0 Å². The van der Waals surface area contributed by atoms with Crippen LogP contribution in [-0.4, -0.2) is 31.7 Å². The molecule has 0 atom stereocenters. The van der Waals surface area contributed by atoms with Crippen LogP contribution in [-0.2, 0) is 9.53 Å². The SMILES string of the molecule is CCOCCNC(=O)CCC1CCC(N)CC1. The summed E-state index contributed by atoms with van der Waals surface area (Å²) in [6.45, 7) is 3.90. The Bertz CT molecular complexity index is 213. The molecule has 0 saturated heterocycles. The summed E-state index contributed by atoms with van der Waals surface area (Å²) in [5.74, 6) is 0.854. The van der Waals surface area contributed by atoms with Crippen molar-refractivity contribution in [2.24, 2.45) is 11.7 Å². The third-order valence-corrected chi connectivity index (χ3v) is 3.44. The van der Waals surface area contributed by atoms with E-state index in [-0.39, 0.29) is 5.91 Å². The third kappa shape index (κ3) is 6.64. The summed E-state index contributed by atoms with van der Waals surface area (Å²) >= 11 is 0. The van der Waals surface area contributed by atoms with E-state index in [1.165, 1.54) is 12.8 Å². The van der Waals surface area contributed by atoms with E-state index < -0.39 is 0 Å². The molecule has 1 aliphatic rings. The highest BCUT2D eigenvalue weighted by atomic mass is 16.5. The lowest BCUT2D eigenvalue weighted by Gasteiger charge is -2.25. The van der Waals surface area contributed by atoms with Gasteiger partial charge < -0.3 is 15.8 Å². The standard InChI is InChI=1S/C13H26N2O2/c1-2-17-10-9-15-13(16)8-5-11-3-6-12(14)7-4-11/h11-12H,2-10,14H2,1H3,(H,15,16). The fraction of sp³-hybridized carbons (Fsp3) is 0.923. The van der Waals surface area contributed by atoms with Gasteiger partial charge in [0.15, 0.2) is 0 Å². The maximum atomic E-state index is 11.5. The zero-order chi connectivity index (χ0) is 12.5. The van der Waals surface area contributed by atoms with Crippen LogP contribution in [0.4, 0.5) is 0 Å². The molecule has 4 nitrogen and oxygen atoms in total. The van der Waals surface area contributed by atoms with Gasteiger partial charge in [-0.25, -0.2) is 0 Å². The number of nitrogens with one attached hydrogen (secondary N) is 1. The Kier molecular flexibility index (Phi) is 7.21. The van der Waals surface area contributed by atoms with E-state index in [0.29, 0.717) is 38.1 Å². The zero-order valence-electron chi connectivity index (χ0n) is 10.9. The number of carbonyl (C=O) groups excluding carboxylic acids is 1. The van der Waals surface area contributed by atoms with Gasteiger partial charge in [-0.15, -0.1) is 0 Å². The largest absolute Gasteiger partial charge is 0.380 e. The van der Waals surface area contributed by atoms with Crippen molar-refractivity contribution >= 4 is 5.91 Å². The molecule has 1 amide bonds. The molecule has 100 valence electrons. The van der Waals surface area contributed by atoms with Crippen molar-refractivity contribution in [2.45, 2.75) is 51.5 Å².